The Morgan fingerprint density at radius 3 is 1.94 bits per heavy atom. The molecule has 0 amide bonds. The third-order valence-electron chi connectivity index (χ3n) is 5.66. The van der Waals surface area contributed by atoms with Crippen LogP contribution in [0.15, 0.2) is 42.7 Å². The second-order valence-electron chi connectivity index (χ2n) is 8.67. The van der Waals surface area contributed by atoms with Crippen LogP contribution in [0.1, 0.15) is 5.56 Å². The molecule has 0 aliphatic carbocycles. The van der Waals surface area contributed by atoms with Gasteiger partial charge in [-0.1, -0.05) is 10.7 Å². The van der Waals surface area contributed by atoms with Gasteiger partial charge in [-0.05, 0) is 53.5 Å². The van der Waals surface area contributed by atoms with Crippen LogP contribution >= 0.6 is 0 Å². The average molecular weight is 449 g/mol. The lowest BCUT2D eigenvalue weighted by Crippen LogP contribution is -2.92. The normalized spacial score (nSPS) is 19.8. The van der Waals surface area contributed by atoms with Gasteiger partial charge in [0, 0.05) is 17.4 Å². The minimum Gasteiger partial charge on any atom is -0.394 e. The molecule has 2 aromatic carbocycles. The second kappa shape index (κ2) is 8.29. The zero-order valence-electron chi connectivity index (χ0n) is 18.7. The standard InChI is InChI=1S/C19H12B8F2N6/c1-9-2-12(31-15-30-8-34(32-15)13-5-10(28)4-11(29)6-13)7-14(3-9)35-18(24,25)16(20,21)33-17(22,23)19(35,26)27/h2-8,33H,1H3,(H,31,32). The van der Waals surface area contributed by atoms with Gasteiger partial charge < -0.3 is 15.5 Å². The van der Waals surface area contributed by atoms with Crippen molar-refractivity contribution in [3.63, 3.8) is 0 Å². The maximum absolute atomic E-state index is 13.6. The van der Waals surface area contributed by atoms with Crippen LogP contribution in [0.3, 0.4) is 0 Å². The lowest BCUT2D eigenvalue weighted by molar-refractivity contribution is 0.349. The van der Waals surface area contributed by atoms with Gasteiger partial charge in [-0.2, -0.15) is 4.98 Å². The molecule has 0 spiro atoms. The largest absolute Gasteiger partial charge is 0.394 e. The summed E-state index contributed by atoms with van der Waals surface area (Å²) < 4.78 is 28.3. The van der Waals surface area contributed by atoms with Gasteiger partial charge in [-0.3, -0.25) is 0 Å². The summed E-state index contributed by atoms with van der Waals surface area (Å²) >= 11 is 0. The molecule has 1 saturated heterocycles. The third-order valence-corrected chi connectivity index (χ3v) is 5.66. The molecule has 2 heterocycles. The number of hydrogen-bond donors (Lipinski definition) is 2. The van der Waals surface area contributed by atoms with Gasteiger partial charge in [0.1, 0.15) is 18.0 Å². The molecule has 0 saturated carbocycles. The SMILES string of the molecule is [B]C1([B])NC([B])([B])C([B])([B])N(c2cc(C)cc(Nc3ncn(-c4cc(F)cc(F)c4)n3)c2)C1([B])[B]. The summed E-state index contributed by atoms with van der Waals surface area (Å²) in [7, 11) is 49.4. The number of nitrogens with zero attached hydrogens (tertiary/aromatic N) is 4. The van der Waals surface area contributed by atoms with Crippen LogP contribution in [0.4, 0.5) is 26.1 Å². The Labute approximate surface area is 213 Å². The molecule has 1 aliphatic heterocycles. The molecule has 0 unspecified atom stereocenters. The molecular weight excluding hydrogens is 437 g/mol. The summed E-state index contributed by atoms with van der Waals surface area (Å²) in [6.45, 7) is 1.78. The number of halogens is 2. The fourth-order valence-electron chi connectivity index (χ4n) is 3.86. The Bertz CT molecular complexity index is 1240. The summed E-state index contributed by atoms with van der Waals surface area (Å²) in [4.78, 5) is 5.24. The Balaban J connectivity index is 1.71. The molecule has 1 fully saturated rings. The van der Waals surface area contributed by atoms with E-state index in [0.717, 1.165) is 23.1 Å². The third kappa shape index (κ3) is 4.45. The average Bonchev–Trinajstić information content (AvgIpc) is 3.13. The van der Waals surface area contributed by atoms with Gasteiger partial charge in [-0.15, -0.1) is 5.10 Å². The van der Waals surface area contributed by atoms with Crippen LogP contribution in [-0.4, -0.2) is 98.9 Å². The fourth-order valence-corrected chi connectivity index (χ4v) is 3.86. The number of anilines is 3. The Kier molecular flexibility index (Phi) is 6.06. The van der Waals surface area contributed by atoms with Crippen molar-refractivity contribution in [2.75, 3.05) is 10.2 Å². The molecule has 1 aliphatic rings. The van der Waals surface area contributed by atoms with Crippen molar-refractivity contribution < 1.29 is 8.78 Å². The van der Waals surface area contributed by atoms with Crippen molar-refractivity contribution in [3.8, 4) is 5.69 Å². The van der Waals surface area contributed by atoms with Crippen molar-refractivity contribution in [1.29, 1.82) is 0 Å². The molecule has 6 nitrogen and oxygen atoms in total. The Morgan fingerprint density at radius 2 is 1.37 bits per heavy atom. The molecule has 4 rings (SSSR count). The zero-order valence-corrected chi connectivity index (χ0v) is 18.7. The van der Waals surface area contributed by atoms with E-state index in [4.69, 9.17) is 62.8 Å². The van der Waals surface area contributed by atoms with E-state index in [-0.39, 0.29) is 17.3 Å². The van der Waals surface area contributed by atoms with E-state index in [1.165, 1.54) is 11.0 Å². The highest BCUT2D eigenvalue weighted by atomic mass is 19.1. The highest BCUT2D eigenvalue weighted by molar-refractivity contribution is 6.62. The fraction of sp³-hybridized carbons (Fsp3) is 0.263. The molecule has 16 radical (unpaired) electrons. The molecular formula is C19H12B8F2N6. The topological polar surface area (TPSA) is 58.0 Å². The van der Waals surface area contributed by atoms with Crippen LogP contribution in [0.2, 0.25) is 0 Å². The summed E-state index contributed by atoms with van der Waals surface area (Å²) in [6, 6.07) is 7.94. The van der Waals surface area contributed by atoms with Gasteiger partial charge >= 0.3 is 0 Å². The minimum atomic E-state index is -2.06. The highest BCUT2D eigenvalue weighted by Crippen LogP contribution is 2.40. The Morgan fingerprint density at radius 1 is 0.800 bits per heavy atom. The quantitative estimate of drug-likeness (QED) is 0.500. The molecule has 2 N–H and O–H groups in total. The first-order chi connectivity index (χ1) is 16.0. The van der Waals surface area contributed by atoms with Gasteiger partial charge in [0.25, 0.3) is 0 Å². The van der Waals surface area contributed by atoms with E-state index < -0.39 is 33.0 Å². The van der Waals surface area contributed by atoms with E-state index in [1.54, 1.807) is 25.1 Å². The maximum Gasteiger partial charge on any atom is 0.246 e. The molecule has 1 aromatic heterocycles. The minimum absolute atomic E-state index is 0.115. The summed E-state index contributed by atoms with van der Waals surface area (Å²) in [5, 5.41) is 1.49. The molecule has 156 valence electrons. The van der Waals surface area contributed by atoms with Crippen LogP contribution in [-0.2, 0) is 0 Å². The number of benzene rings is 2. The van der Waals surface area contributed by atoms with E-state index in [1.807, 2.05) is 0 Å². The summed E-state index contributed by atoms with van der Waals surface area (Å²) in [5.41, 5.74) is 1.58. The highest BCUT2D eigenvalue weighted by Gasteiger charge is 2.55. The summed E-state index contributed by atoms with van der Waals surface area (Å²) in [5.74, 6) is -1.39. The number of hydrogen-bond acceptors (Lipinski definition) is 5. The van der Waals surface area contributed by atoms with Crippen molar-refractivity contribution >= 4 is 80.1 Å². The molecule has 16 heteroatoms. The van der Waals surface area contributed by atoms with Crippen LogP contribution in [0.25, 0.3) is 5.69 Å². The van der Waals surface area contributed by atoms with Crippen LogP contribution in [0, 0.1) is 18.6 Å². The van der Waals surface area contributed by atoms with Crippen molar-refractivity contribution in [3.05, 3.63) is 59.9 Å². The number of aromatic nitrogens is 3. The first-order valence-corrected chi connectivity index (χ1v) is 10.2. The van der Waals surface area contributed by atoms with Gasteiger partial charge in [0.05, 0.1) is 68.5 Å². The first-order valence-electron chi connectivity index (χ1n) is 10.2. The number of nitrogens with one attached hydrogen (secondary N) is 2. The molecule has 3 aromatic rings. The monoisotopic (exact) mass is 450 g/mol. The molecule has 0 bridgehead atoms. The lowest BCUT2D eigenvalue weighted by atomic mass is 9.27. The van der Waals surface area contributed by atoms with Crippen molar-refractivity contribution in [1.82, 2.24) is 20.1 Å². The second-order valence-corrected chi connectivity index (χ2v) is 8.67. The van der Waals surface area contributed by atoms with E-state index in [0.29, 0.717) is 11.3 Å². The van der Waals surface area contributed by atoms with E-state index in [9.17, 15) is 8.78 Å². The van der Waals surface area contributed by atoms with Gasteiger partial charge in [0.15, 0.2) is 0 Å². The number of piperazine rings is 1. The molecule has 35 heavy (non-hydrogen) atoms. The molecule has 0 atom stereocenters. The Hall–Kier alpha value is -2.48. The zero-order chi connectivity index (χ0) is 26.0. The lowest BCUT2D eigenvalue weighted by Gasteiger charge is -2.72. The smallest absolute Gasteiger partial charge is 0.246 e. The van der Waals surface area contributed by atoms with Crippen molar-refractivity contribution in [2.45, 2.75) is 28.3 Å². The summed E-state index contributed by atoms with van der Waals surface area (Å²) in [6.07, 6.45) is 1.29. The maximum atomic E-state index is 13.6. The van der Waals surface area contributed by atoms with Gasteiger partial charge in [-0.25, -0.2) is 13.5 Å². The number of aryl methyl sites for hydroxylation is 1. The predicted octanol–water partition coefficient (Wildman–Crippen LogP) is -1.03. The van der Waals surface area contributed by atoms with Crippen molar-refractivity contribution in [2.24, 2.45) is 0 Å². The van der Waals surface area contributed by atoms with Crippen LogP contribution in [0.5, 0.6) is 0 Å². The van der Waals surface area contributed by atoms with Gasteiger partial charge in [0.2, 0.25) is 5.95 Å². The van der Waals surface area contributed by atoms with Crippen LogP contribution < -0.4 is 15.5 Å². The number of rotatable bonds is 4. The predicted molar refractivity (Wildman–Crippen MR) is 138 cm³/mol. The van der Waals surface area contributed by atoms with E-state index in [2.05, 4.69) is 20.7 Å². The van der Waals surface area contributed by atoms with E-state index >= 15 is 0 Å². The first kappa shape index (κ1) is 25.6.